The summed E-state index contributed by atoms with van der Waals surface area (Å²) in [7, 11) is 2.05. The summed E-state index contributed by atoms with van der Waals surface area (Å²) < 4.78 is 2.05. The van der Waals surface area contributed by atoms with Crippen LogP contribution in [0.15, 0.2) is 6.20 Å². The lowest BCUT2D eigenvalue weighted by Gasteiger charge is -2.11. The van der Waals surface area contributed by atoms with E-state index in [0.29, 0.717) is 5.41 Å². The van der Waals surface area contributed by atoms with E-state index in [1.165, 1.54) is 24.1 Å². The first-order valence-electron chi connectivity index (χ1n) is 4.69. The van der Waals surface area contributed by atoms with Gasteiger partial charge in [-0.05, 0) is 24.8 Å². The summed E-state index contributed by atoms with van der Waals surface area (Å²) in [5.41, 5.74) is 3.35. The summed E-state index contributed by atoms with van der Waals surface area (Å²) in [6, 6.07) is 0. The van der Waals surface area contributed by atoms with Crippen molar-refractivity contribution in [1.29, 1.82) is 0 Å². The number of hydrogen-bond donors (Lipinski definition) is 0. The van der Waals surface area contributed by atoms with E-state index < -0.39 is 0 Å². The molecule has 66 valence electrons. The molecule has 0 radical (unpaired) electrons. The van der Waals surface area contributed by atoms with Crippen LogP contribution >= 0.6 is 0 Å². The fraction of sp³-hybridized carbons (Fsp3) is 0.700. The van der Waals surface area contributed by atoms with Gasteiger partial charge in [-0.15, -0.1) is 0 Å². The fourth-order valence-corrected chi connectivity index (χ4v) is 1.94. The van der Waals surface area contributed by atoms with E-state index in [2.05, 4.69) is 26.0 Å². The molecule has 0 aliphatic heterocycles. The minimum absolute atomic E-state index is 0.455. The van der Waals surface area contributed by atoms with E-state index in [1.807, 2.05) is 10.9 Å². The Balaban J connectivity index is 2.46. The highest BCUT2D eigenvalue weighted by Crippen LogP contribution is 2.48. The lowest BCUT2D eigenvalue weighted by atomic mass is 10.00. The topological polar surface area (TPSA) is 17.8 Å². The number of hydrogen-bond acceptors (Lipinski definition) is 1. The maximum atomic E-state index is 4.31. The average Bonchev–Trinajstić information content (AvgIpc) is 2.64. The van der Waals surface area contributed by atoms with Gasteiger partial charge in [0.25, 0.3) is 0 Å². The molecule has 0 amide bonds. The first-order valence-corrected chi connectivity index (χ1v) is 4.69. The number of nitrogens with zero attached hydrogens (tertiary/aromatic N) is 2. The Morgan fingerprint density at radius 3 is 2.75 bits per heavy atom. The van der Waals surface area contributed by atoms with Gasteiger partial charge in [0.05, 0.1) is 6.20 Å². The molecule has 2 rings (SSSR count). The zero-order valence-electron chi connectivity index (χ0n) is 8.09. The van der Waals surface area contributed by atoms with Crippen LogP contribution in [0.2, 0.25) is 0 Å². The second-order valence-corrected chi connectivity index (χ2v) is 4.06. The van der Waals surface area contributed by atoms with Crippen LogP contribution in [-0.2, 0) is 18.9 Å². The fourth-order valence-electron chi connectivity index (χ4n) is 1.94. The summed E-state index contributed by atoms with van der Waals surface area (Å²) in [5, 5.41) is 4.31. The van der Waals surface area contributed by atoms with Gasteiger partial charge in [0, 0.05) is 18.2 Å². The molecule has 1 aliphatic rings. The van der Waals surface area contributed by atoms with E-state index in [1.54, 1.807) is 0 Å². The van der Waals surface area contributed by atoms with Crippen LogP contribution in [0, 0.1) is 0 Å². The molecular formula is C10H16N2. The summed E-state index contributed by atoms with van der Waals surface area (Å²) in [6.45, 7) is 4.54. The Kier molecular flexibility index (Phi) is 1.53. The summed E-state index contributed by atoms with van der Waals surface area (Å²) in [4.78, 5) is 0. The molecule has 0 spiro atoms. The van der Waals surface area contributed by atoms with Crippen LogP contribution in [0.4, 0.5) is 0 Å². The molecule has 2 heteroatoms. The molecule has 0 unspecified atom stereocenters. The van der Waals surface area contributed by atoms with Gasteiger partial charge in [0.2, 0.25) is 0 Å². The molecule has 0 atom stereocenters. The van der Waals surface area contributed by atoms with Crippen molar-refractivity contribution in [1.82, 2.24) is 9.78 Å². The van der Waals surface area contributed by atoms with Crippen molar-refractivity contribution in [3.05, 3.63) is 17.5 Å². The number of rotatable bonds is 2. The van der Waals surface area contributed by atoms with Crippen molar-refractivity contribution in [3.63, 3.8) is 0 Å². The Hall–Kier alpha value is -0.790. The van der Waals surface area contributed by atoms with Gasteiger partial charge in [-0.2, -0.15) is 5.10 Å². The average molecular weight is 164 g/mol. The maximum absolute atomic E-state index is 4.31. The van der Waals surface area contributed by atoms with E-state index in [4.69, 9.17) is 0 Å². The highest BCUT2D eigenvalue weighted by molar-refractivity contribution is 5.30. The van der Waals surface area contributed by atoms with Crippen molar-refractivity contribution < 1.29 is 0 Å². The Bertz CT molecular complexity index is 295. The summed E-state index contributed by atoms with van der Waals surface area (Å²) >= 11 is 0. The predicted molar refractivity (Wildman–Crippen MR) is 49.2 cm³/mol. The third-order valence-electron chi connectivity index (χ3n) is 2.97. The van der Waals surface area contributed by atoms with Gasteiger partial charge in [-0.3, -0.25) is 4.68 Å². The van der Waals surface area contributed by atoms with Crippen molar-refractivity contribution in [2.75, 3.05) is 0 Å². The molecule has 2 nitrogen and oxygen atoms in total. The van der Waals surface area contributed by atoms with Crippen molar-refractivity contribution >= 4 is 0 Å². The molecule has 0 aromatic carbocycles. The second-order valence-electron chi connectivity index (χ2n) is 4.06. The molecular weight excluding hydrogens is 148 g/mol. The van der Waals surface area contributed by atoms with Crippen LogP contribution in [0.3, 0.4) is 0 Å². The maximum Gasteiger partial charge on any atom is 0.0524 e. The third kappa shape index (κ3) is 0.977. The van der Waals surface area contributed by atoms with Crippen LogP contribution in [0.1, 0.15) is 37.9 Å². The Morgan fingerprint density at radius 2 is 2.25 bits per heavy atom. The van der Waals surface area contributed by atoms with Crippen LogP contribution in [-0.4, -0.2) is 9.78 Å². The van der Waals surface area contributed by atoms with Crippen LogP contribution in [0.5, 0.6) is 0 Å². The van der Waals surface area contributed by atoms with Crippen molar-refractivity contribution in [2.24, 2.45) is 7.05 Å². The first kappa shape index (κ1) is 7.84. The van der Waals surface area contributed by atoms with Crippen molar-refractivity contribution in [2.45, 2.75) is 38.5 Å². The smallest absolute Gasteiger partial charge is 0.0524 e. The molecule has 1 fully saturated rings. The molecule has 0 saturated heterocycles. The zero-order valence-corrected chi connectivity index (χ0v) is 8.09. The van der Waals surface area contributed by atoms with Gasteiger partial charge in [0.1, 0.15) is 0 Å². The lowest BCUT2D eigenvalue weighted by molar-refractivity contribution is 0.630. The molecule has 1 aromatic heterocycles. The molecule has 1 aromatic rings. The van der Waals surface area contributed by atoms with Crippen molar-refractivity contribution in [3.8, 4) is 0 Å². The van der Waals surface area contributed by atoms with Gasteiger partial charge in [-0.25, -0.2) is 0 Å². The van der Waals surface area contributed by atoms with Crippen LogP contribution in [0.25, 0.3) is 0 Å². The van der Waals surface area contributed by atoms with Crippen LogP contribution < -0.4 is 0 Å². The largest absolute Gasteiger partial charge is 0.272 e. The summed E-state index contributed by atoms with van der Waals surface area (Å²) in [6.07, 6.45) is 5.79. The molecule has 1 heterocycles. The molecule has 1 saturated carbocycles. The van der Waals surface area contributed by atoms with E-state index in [-0.39, 0.29) is 0 Å². The van der Waals surface area contributed by atoms with E-state index >= 15 is 0 Å². The SMILES string of the molecule is CCc1cnn(C)c1C1(C)CC1. The number of aromatic nitrogens is 2. The second kappa shape index (κ2) is 2.35. The highest BCUT2D eigenvalue weighted by Gasteiger charge is 2.42. The van der Waals surface area contributed by atoms with Gasteiger partial charge in [0.15, 0.2) is 0 Å². The van der Waals surface area contributed by atoms with E-state index in [0.717, 1.165) is 6.42 Å². The zero-order chi connectivity index (χ0) is 8.77. The van der Waals surface area contributed by atoms with Gasteiger partial charge < -0.3 is 0 Å². The monoisotopic (exact) mass is 164 g/mol. The summed E-state index contributed by atoms with van der Waals surface area (Å²) in [5.74, 6) is 0. The first-order chi connectivity index (χ1) is 5.67. The molecule has 12 heavy (non-hydrogen) atoms. The van der Waals surface area contributed by atoms with Gasteiger partial charge >= 0.3 is 0 Å². The quantitative estimate of drug-likeness (QED) is 0.654. The molecule has 0 bridgehead atoms. The van der Waals surface area contributed by atoms with E-state index in [9.17, 15) is 0 Å². The predicted octanol–water partition coefficient (Wildman–Crippen LogP) is 2.03. The molecule has 1 aliphatic carbocycles. The third-order valence-corrected chi connectivity index (χ3v) is 2.97. The highest BCUT2D eigenvalue weighted by atomic mass is 15.3. The lowest BCUT2D eigenvalue weighted by Crippen LogP contribution is -2.10. The standard InChI is InChI=1S/C10H16N2/c1-4-8-7-11-12(3)9(8)10(2)5-6-10/h7H,4-6H2,1-3H3. The molecule has 0 N–H and O–H groups in total. The van der Waals surface area contributed by atoms with Gasteiger partial charge in [-0.1, -0.05) is 13.8 Å². The Morgan fingerprint density at radius 1 is 1.58 bits per heavy atom. The number of aryl methyl sites for hydroxylation is 2. The minimum atomic E-state index is 0.455. The Labute approximate surface area is 73.6 Å². The minimum Gasteiger partial charge on any atom is -0.272 e. The normalized spacial score (nSPS) is 19.6.